The van der Waals surface area contributed by atoms with E-state index in [0.717, 1.165) is 5.56 Å². The van der Waals surface area contributed by atoms with Crippen molar-refractivity contribution in [2.45, 2.75) is 32.0 Å². The molecular formula is C21H23FN2O4. The van der Waals surface area contributed by atoms with Crippen LogP contribution in [0.3, 0.4) is 0 Å². The zero-order chi connectivity index (χ0) is 20.3. The highest BCUT2D eigenvalue weighted by atomic mass is 19.1. The van der Waals surface area contributed by atoms with Crippen molar-refractivity contribution in [3.8, 4) is 5.75 Å². The number of amides is 2. The Kier molecular flexibility index (Phi) is 5.94. The molecule has 3 rings (SSSR count). The van der Waals surface area contributed by atoms with Gasteiger partial charge in [-0.05, 0) is 42.7 Å². The summed E-state index contributed by atoms with van der Waals surface area (Å²) in [7, 11) is 1.44. The quantitative estimate of drug-likeness (QED) is 0.762. The van der Waals surface area contributed by atoms with E-state index in [1.165, 1.54) is 24.1 Å². The van der Waals surface area contributed by atoms with Crippen LogP contribution in [0.5, 0.6) is 5.75 Å². The third-order valence-electron chi connectivity index (χ3n) is 4.91. The van der Waals surface area contributed by atoms with E-state index in [-0.39, 0.29) is 24.8 Å². The van der Waals surface area contributed by atoms with Gasteiger partial charge in [-0.2, -0.15) is 0 Å². The molecule has 148 valence electrons. The molecule has 1 aliphatic heterocycles. The number of hydrogen-bond acceptors (Lipinski definition) is 4. The highest BCUT2D eigenvalue weighted by Crippen LogP contribution is 2.24. The Morgan fingerprint density at radius 2 is 2.07 bits per heavy atom. The predicted octanol–water partition coefficient (Wildman–Crippen LogP) is 1.90. The van der Waals surface area contributed by atoms with Gasteiger partial charge in [-0.3, -0.25) is 9.59 Å². The van der Waals surface area contributed by atoms with Crippen LogP contribution in [0.25, 0.3) is 0 Å². The Hall–Kier alpha value is -2.93. The molecule has 1 heterocycles. The summed E-state index contributed by atoms with van der Waals surface area (Å²) in [4.78, 5) is 26.7. The van der Waals surface area contributed by atoms with Crippen molar-refractivity contribution in [1.82, 2.24) is 10.2 Å². The van der Waals surface area contributed by atoms with Gasteiger partial charge in [-0.25, -0.2) is 4.39 Å². The lowest BCUT2D eigenvalue weighted by atomic mass is 10.1. The van der Waals surface area contributed by atoms with Gasteiger partial charge in [0.25, 0.3) is 5.91 Å². The van der Waals surface area contributed by atoms with Crippen molar-refractivity contribution >= 4 is 11.8 Å². The average molecular weight is 386 g/mol. The highest BCUT2D eigenvalue weighted by Gasteiger charge is 2.34. The average Bonchev–Trinajstić information content (AvgIpc) is 3.03. The molecule has 1 aliphatic rings. The van der Waals surface area contributed by atoms with Crippen LogP contribution in [-0.2, 0) is 17.8 Å². The van der Waals surface area contributed by atoms with Crippen LogP contribution in [0.1, 0.15) is 28.4 Å². The molecule has 7 heteroatoms. The molecule has 0 bridgehead atoms. The van der Waals surface area contributed by atoms with Gasteiger partial charge in [-0.15, -0.1) is 0 Å². The van der Waals surface area contributed by atoms with Crippen LogP contribution < -0.4 is 10.1 Å². The number of ether oxygens (including phenoxy) is 1. The first kappa shape index (κ1) is 19.8. The lowest BCUT2D eigenvalue weighted by Gasteiger charge is -2.26. The smallest absolute Gasteiger partial charge is 0.255 e. The molecular weight excluding hydrogens is 363 g/mol. The molecule has 0 spiro atoms. The van der Waals surface area contributed by atoms with Crippen LogP contribution in [-0.4, -0.2) is 47.6 Å². The second-order valence-electron chi connectivity index (χ2n) is 6.86. The summed E-state index contributed by atoms with van der Waals surface area (Å²) in [6.07, 6.45) is 0.233. The van der Waals surface area contributed by atoms with Crippen molar-refractivity contribution in [2.75, 3.05) is 13.7 Å². The van der Waals surface area contributed by atoms with E-state index in [1.54, 1.807) is 25.1 Å². The number of halogens is 1. The van der Waals surface area contributed by atoms with Crippen molar-refractivity contribution in [3.05, 3.63) is 65.0 Å². The van der Waals surface area contributed by atoms with Gasteiger partial charge in [0.2, 0.25) is 5.91 Å². The number of nitrogens with one attached hydrogen (secondary N) is 1. The summed E-state index contributed by atoms with van der Waals surface area (Å²) in [5.74, 6) is -0.643. The second kappa shape index (κ2) is 8.39. The first-order valence-electron chi connectivity index (χ1n) is 9.06. The monoisotopic (exact) mass is 386 g/mol. The van der Waals surface area contributed by atoms with Crippen molar-refractivity contribution in [1.29, 1.82) is 0 Å². The molecule has 2 amide bonds. The normalized spacial score (nSPS) is 15.1. The number of fused-ring (bicyclic) bond motifs is 1. The third-order valence-corrected chi connectivity index (χ3v) is 4.91. The number of benzene rings is 2. The third kappa shape index (κ3) is 4.14. The first-order chi connectivity index (χ1) is 13.4. The van der Waals surface area contributed by atoms with Crippen LogP contribution in [0.2, 0.25) is 0 Å². The van der Waals surface area contributed by atoms with Gasteiger partial charge in [0, 0.05) is 18.2 Å². The van der Waals surface area contributed by atoms with E-state index in [1.807, 2.05) is 12.1 Å². The molecule has 2 atom stereocenters. The summed E-state index contributed by atoms with van der Waals surface area (Å²) >= 11 is 0. The Morgan fingerprint density at radius 3 is 2.75 bits per heavy atom. The number of aliphatic hydroxyl groups is 1. The summed E-state index contributed by atoms with van der Waals surface area (Å²) in [6.45, 7) is 1.71. The van der Waals surface area contributed by atoms with Gasteiger partial charge in [0.15, 0.2) is 0 Å². The van der Waals surface area contributed by atoms with E-state index < -0.39 is 17.9 Å². The SMILES string of the molecule is COc1cc(F)cc(C[C@@H](CO)NC(=O)C(C)N2Cc3ccccc3C2=O)c1. The first-order valence-corrected chi connectivity index (χ1v) is 9.06. The number of carbonyl (C=O) groups is 2. The van der Waals surface area contributed by atoms with Crippen molar-refractivity contribution in [3.63, 3.8) is 0 Å². The number of rotatable bonds is 7. The van der Waals surface area contributed by atoms with Crippen LogP contribution in [0, 0.1) is 5.82 Å². The Bertz CT molecular complexity index is 886. The fourth-order valence-corrected chi connectivity index (χ4v) is 3.36. The summed E-state index contributed by atoms with van der Waals surface area (Å²) in [5, 5.41) is 12.4. The maximum atomic E-state index is 13.7. The number of methoxy groups -OCH3 is 1. The Morgan fingerprint density at radius 1 is 1.32 bits per heavy atom. The standard InChI is InChI=1S/C21H23FN2O4/c1-13(24-11-15-5-3-4-6-19(15)21(24)27)20(26)23-17(12-25)8-14-7-16(22)10-18(9-14)28-2/h3-7,9-10,13,17,25H,8,11-12H2,1-2H3,(H,23,26)/t13?,17-/m0/s1. The number of nitrogens with zero attached hydrogens (tertiary/aromatic N) is 1. The summed E-state index contributed by atoms with van der Waals surface area (Å²) in [5.41, 5.74) is 2.08. The minimum absolute atomic E-state index is 0.186. The molecule has 2 N–H and O–H groups in total. The van der Waals surface area contributed by atoms with Crippen LogP contribution in [0.15, 0.2) is 42.5 Å². The topological polar surface area (TPSA) is 78.9 Å². The van der Waals surface area contributed by atoms with Gasteiger partial charge >= 0.3 is 0 Å². The maximum Gasteiger partial charge on any atom is 0.255 e. The fraction of sp³-hybridized carbons (Fsp3) is 0.333. The maximum absolute atomic E-state index is 13.7. The molecule has 0 saturated heterocycles. The summed E-state index contributed by atoms with van der Waals surface area (Å²) < 4.78 is 18.7. The molecule has 0 fully saturated rings. The van der Waals surface area contributed by atoms with Gasteiger partial charge in [0.05, 0.1) is 19.8 Å². The number of hydrogen-bond donors (Lipinski definition) is 2. The van der Waals surface area contributed by atoms with Crippen molar-refractivity contribution in [2.24, 2.45) is 0 Å². The Labute approximate surface area is 162 Å². The molecule has 6 nitrogen and oxygen atoms in total. The minimum Gasteiger partial charge on any atom is -0.497 e. The summed E-state index contributed by atoms with van der Waals surface area (Å²) in [6, 6.07) is 10.2. The van der Waals surface area contributed by atoms with Crippen LogP contribution in [0.4, 0.5) is 4.39 Å². The Balaban J connectivity index is 1.66. The van der Waals surface area contributed by atoms with Gasteiger partial charge < -0.3 is 20.1 Å². The van der Waals surface area contributed by atoms with Gasteiger partial charge in [-0.1, -0.05) is 18.2 Å². The lowest BCUT2D eigenvalue weighted by molar-refractivity contribution is -0.126. The highest BCUT2D eigenvalue weighted by molar-refractivity contribution is 6.01. The molecule has 0 saturated carbocycles. The number of carbonyl (C=O) groups excluding carboxylic acids is 2. The molecule has 1 unspecified atom stereocenters. The molecule has 0 radical (unpaired) electrons. The van der Waals surface area contributed by atoms with Crippen LogP contribution >= 0.6 is 0 Å². The van der Waals surface area contributed by atoms with E-state index >= 15 is 0 Å². The zero-order valence-corrected chi connectivity index (χ0v) is 15.8. The lowest BCUT2D eigenvalue weighted by Crippen LogP contribution is -2.49. The molecule has 0 aliphatic carbocycles. The number of aliphatic hydroxyl groups excluding tert-OH is 1. The molecule has 2 aromatic rings. The molecule has 0 aromatic heterocycles. The largest absolute Gasteiger partial charge is 0.497 e. The van der Waals surface area contributed by atoms with Crippen molar-refractivity contribution < 1.29 is 23.8 Å². The zero-order valence-electron chi connectivity index (χ0n) is 15.8. The van der Waals surface area contributed by atoms with Gasteiger partial charge in [0.1, 0.15) is 17.6 Å². The predicted molar refractivity (Wildman–Crippen MR) is 101 cm³/mol. The fourth-order valence-electron chi connectivity index (χ4n) is 3.36. The van der Waals surface area contributed by atoms with E-state index in [9.17, 15) is 19.1 Å². The van der Waals surface area contributed by atoms with E-state index in [0.29, 0.717) is 23.4 Å². The second-order valence-corrected chi connectivity index (χ2v) is 6.86. The van der Waals surface area contributed by atoms with E-state index in [4.69, 9.17) is 4.74 Å². The van der Waals surface area contributed by atoms with E-state index in [2.05, 4.69) is 5.32 Å². The minimum atomic E-state index is -0.698. The molecule has 2 aromatic carbocycles. The molecule has 28 heavy (non-hydrogen) atoms.